The maximum absolute atomic E-state index is 12.6. The van der Waals surface area contributed by atoms with Crippen molar-refractivity contribution >= 4 is 35.3 Å². The highest BCUT2D eigenvalue weighted by Gasteiger charge is 2.38. The van der Waals surface area contributed by atoms with Crippen molar-refractivity contribution in [3.63, 3.8) is 0 Å². The van der Waals surface area contributed by atoms with E-state index in [1.54, 1.807) is 6.92 Å². The van der Waals surface area contributed by atoms with Gasteiger partial charge in [-0.1, -0.05) is 0 Å². The number of aliphatic imine (C=N–C) groups is 1. The van der Waals surface area contributed by atoms with Crippen LogP contribution in [0.15, 0.2) is 14.6 Å². The van der Waals surface area contributed by atoms with Crippen LogP contribution in [0.5, 0.6) is 0 Å². The first-order chi connectivity index (χ1) is 11.7. The fraction of sp³-hybridized carbons (Fsp3) is 0.467. The van der Waals surface area contributed by atoms with Crippen LogP contribution in [0.3, 0.4) is 0 Å². The normalized spacial score (nSPS) is 16.6. The lowest BCUT2D eigenvalue weighted by Gasteiger charge is -2.23. The lowest BCUT2D eigenvalue weighted by atomic mass is 9.94. The Hall–Kier alpha value is -3.04. The van der Waals surface area contributed by atoms with E-state index in [9.17, 15) is 24.0 Å². The zero-order chi connectivity index (χ0) is 18.9. The van der Waals surface area contributed by atoms with Crippen molar-refractivity contribution in [1.82, 2.24) is 9.13 Å². The predicted molar refractivity (Wildman–Crippen MR) is 88.3 cm³/mol. The first-order valence-corrected chi connectivity index (χ1v) is 7.52. The molecule has 0 amide bonds. The molecule has 1 aliphatic rings. The number of Topliss-reactive ketones (excluding diaryl/α,β-unsaturated/α-hetero) is 2. The summed E-state index contributed by atoms with van der Waals surface area (Å²) in [6.07, 6.45) is 1.15. The third-order valence-corrected chi connectivity index (χ3v) is 3.80. The molecule has 1 aromatic rings. The van der Waals surface area contributed by atoms with Gasteiger partial charge in [-0.15, -0.1) is 0 Å². The van der Waals surface area contributed by atoms with Crippen molar-refractivity contribution in [1.29, 1.82) is 0 Å². The Bertz CT molecular complexity index is 895. The Balaban J connectivity index is 2.42. The summed E-state index contributed by atoms with van der Waals surface area (Å²) in [6.45, 7) is 2.68. The number of anilines is 1. The number of hydrogen-bond acceptors (Lipinski definition) is 8. The van der Waals surface area contributed by atoms with Crippen molar-refractivity contribution in [2.24, 2.45) is 25.0 Å². The van der Waals surface area contributed by atoms with Gasteiger partial charge in [0, 0.05) is 20.3 Å². The summed E-state index contributed by atoms with van der Waals surface area (Å²) >= 11 is 0. The predicted octanol–water partition coefficient (Wildman–Crippen LogP) is -1.08. The Morgan fingerprint density at radius 2 is 1.92 bits per heavy atom. The number of rotatable bonds is 5. The van der Waals surface area contributed by atoms with Gasteiger partial charge in [0.15, 0.2) is 23.3 Å². The SMILES string of the molecule is CCOC(=O)C(C(C)=O)C(=O)C1C=Nc2c(c(=O)n(C)c(=O)n2C)N1. The van der Waals surface area contributed by atoms with Crippen LogP contribution in [0.2, 0.25) is 0 Å². The molecule has 1 N–H and O–H groups in total. The second-order valence-electron chi connectivity index (χ2n) is 5.50. The molecule has 0 aliphatic carbocycles. The van der Waals surface area contributed by atoms with E-state index in [0.29, 0.717) is 0 Å². The third kappa shape index (κ3) is 3.14. The van der Waals surface area contributed by atoms with Gasteiger partial charge in [0.2, 0.25) is 0 Å². The minimum absolute atomic E-state index is 0.0214. The minimum atomic E-state index is -1.61. The van der Waals surface area contributed by atoms with Crippen molar-refractivity contribution in [2.45, 2.75) is 19.9 Å². The van der Waals surface area contributed by atoms with E-state index in [4.69, 9.17) is 4.74 Å². The molecule has 0 bridgehead atoms. The van der Waals surface area contributed by atoms with Gasteiger partial charge < -0.3 is 10.1 Å². The van der Waals surface area contributed by atoms with E-state index >= 15 is 0 Å². The Kier molecular flexibility index (Phi) is 5.00. The largest absolute Gasteiger partial charge is 0.465 e. The molecule has 0 fully saturated rings. The fourth-order valence-corrected chi connectivity index (χ4v) is 2.48. The first-order valence-electron chi connectivity index (χ1n) is 7.52. The summed E-state index contributed by atoms with van der Waals surface area (Å²) < 4.78 is 6.77. The Morgan fingerprint density at radius 1 is 1.28 bits per heavy atom. The number of aromatic nitrogens is 2. The number of fused-ring (bicyclic) bond motifs is 1. The molecule has 1 aliphatic heterocycles. The molecule has 25 heavy (non-hydrogen) atoms. The molecule has 2 heterocycles. The summed E-state index contributed by atoms with van der Waals surface area (Å²) in [5.41, 5.74) is -1.29. The van der Waals surface area contributed by atoms with Gasteiger partial charge in [0.25, 0.3) is 5.56 Å². The van der Waals surface area contributed by atoms with E-state index in [1.165, 1.54) is 14.1 Å². The Labute approximate surface area is 142 Å². The van der Waals surface area contributed by atoms with Gasteiger partial charge in [-0.2, -0.15) is 0 Å². The van der Waals surface area contributed by atoms with Gasteiger partial charge >= 0.3 is 11.7 Å². The van der Waals surface area contributed by atoms with Crippen LogP contribution in [0.1, 0.15) is 13.8 Å². The monoisotopic (exact) mass is 350 g/mol. The summed E-state index contributed by atoms with van der Waals surface area (Å²) in [6, 6.07) is -1.17. The number of carbonyl (C=O) groups excluding carboxylic acids is 3. The Morgan fingerprint density at radius 3 is 2.48 bits per heavy atom. The molecule has 0 saturated heterocycles. The van der Waals surface area contributed by atoms with Crippen LogP contribution in [0.4, 0.5) is 11.5 Å². The molecule has 0 radical (unpaired) electrons. The number of esters is 1. The average Bonchev–Trinajstić information content (AvgIpc) is 2.57. The van der Waals surface area contributed by atoms with Gasteiger partial charge in [0.05, 0.1) is 6.61 Å². The van der Waals surface area contributed by atoms with Crippen LogP contribution in [-0.2, 0) is 33.2 Å². The quantitative estimate of drug-likeness (QED) is 0.528. The molecule has 10 heteroatoms. The highest BCUT2D eigenvalue weighted by molar-refractivity contribution is 6.22. The highest BCUT2D eigenvalue weighted by Crippen LogP contribution is 2.23. The van der Waals surface area contributed by atoms with Crippen molar-refractivity contribution in [3.8, 4) is 0 Å². The second-order valence-corrected chi connectivity index (χ2v) is 5.50. The molecule has 0 saturated carbocycles. The molecule has 2 atom stereocenters. The van der Waals surface area contributed by atoms with E-state index < -0.39 is 40.7 Å². The van der Waals surface area contributed by atoms with Gasteiger partial charge in [-0.3, -0.25) is 28.3 Å². The lowest BCUT2D eigenvalue weighted by molar-refractivity contribution is -0.154. The van der Waals surface area contributed by atoms with Gasteiger partial charge in [-0.25, -0.2) is 9.79 Å². The minimum Gasteiger partial charge on any atom is -0.465 e. The van der Waals surface area contributed by atoms with Crippen molar-refractivity contribution < 1.29 is 19.1 Å². The lowest BCUT2D eigenvalue weighted by Crippen LogP contribution is -2.47. The topological polar surface area (TPSA) is 129 Å². The van der Waals surface area contributed by atoms with Crippen LogP contribution >= 0.6 is 0 Å². The zero-order valence-electron chi connectivity index (χ0n) is 14.2. The molecule has 134 valence electrons. The number of hydrogen-bond donors (Lipinski definition) is 1. The van der Waals surface area contributed by atoms with E-state index in [-0.39, 0.29) is 18.1 Å². The average molecular weight is 350 g/mol. The molecule has 2 rings (SSSR count). The number of ether oxygens (including phenoxy) is 1. The number of nitrogens with one attached hydrogen (secondary N) is 1. The number of nitrogens with zero attached hydrogens (tertiary/aromatic N) is 3. The smallest absolute Gasteiger partial charge is 0.332 e. The molecule has 0 spiro atoms. The maximum atomic E-state index is 12.6. The van der Waals surface area contributed by atoms with Crippen molar-refractivity contribution in [3.05, 3.63) is 20.8 Å². The molecule has 1 aromatic heterocycles. The third-order valence-electron chi connectivity index (χ3n) is 3.80. The molecular formula is C15H18N4O6. The maximum Gasteiger partial charge on any atom is 0.332 e. The first kappa shape index (κ1) is 18.3. The van der Waals surface area contributed by atoms with Crippen LogP contribution in [0.25, 0.3) is 0 Å². The van der Waals surface area contributed by atoms with Gasteiger partial charge in [-0.05, 0) is 13.8 Å². The van der Waals surface area contributed by atoms with Crippen molar-refractivity contribution in [2.75, 3.05) is 11.9 Å². The second kappa shape index (κ2) is 6.83. The number of carbonyl (C=O) groups is 3. The summed E-state index contributed by atoms with van der Waals surface area (Å²) in [7, 11) is 2.72. The summed E-state index contributed by atoms with van der Waals surface area (Å²) in [4.78, 5) is 64.3. The molecular weight excluding hydrogens is 332 g/mol. The highest BCUT2D eigenvalue weighted by atomic mass is 16.5. The van der Waals surface area contributed by atoms with Crippen LogP contribution in [-0.4, -0.2) is 45.5 Å². The van der Waals surface area contributed by atoms with E-state index in [2.05, 4.69) is 10.3 Å². The molecule has 2 unspecified atom stereocenters. The fourth-order valence-electron chi connectivity index (χ4n) is 2.48. The standard InChI is InChI=1S/C15H18N4O6/c1-5-25-14(23)9(7(2)20)11(21)8-6-16-12-10(17-8)13(22)19(4)15(24)18(12)3/h6,8-9,17H,5H2,1-4H3. The molecule has 10 nitrogen and oxygen atoms in total. The summed E-state index contributed by atoms with van der Waals surface area (Å²) in [5, 5.41) is 2.65. The zero-order valence-corrected chi connectivity index (χ0v) is 14.2. The number of ketones is 2. The summed E-state index contributed by atoms with van der Waals surface area (Å²) in [5.74, 6) is -3.95. The van der Waals surface area contributed by atoms with E-state index in [1.807, 2.05) is 0 Å². The molecule has 0 aromatic carbocycles. The van der Waals surface area contributed by atoms with Gasteiger partial charge in [0.1, 0.15) is 11.7 Å². The van der Waals surface area contributed by atoms with E-state index in [0.717, 1.165) is 22.3 Å². The van der Waals surface area contributed by atoms with Crippen LogP contribution in [0, 0.1) is 5.92 Å². The van der Waals surface area contributed by atoms with Crippen LogP contribution < -0.4 is 16.6 Å².